The third-order valence-corrected chi connectivity index (χ3v) is 7.04. The summed E-state index contributed by atoms with van der Waals surface area (Å²) in [4.78, 5) is 33.8. The molecule has 3 aromatic rings. The molecule has 38 heavy (non-hydrogen) atoms. The van der Waals surface area contributed by atoms with E-state index >= 15 is 0 Å². The minimum atomic E-state index is -0.533. The Morgan fingerprint density at radius 2 is 1.82 bits per heavy atom. The Hall–Kier alpha value is -3.59. The van der Waals surface area contributed by atoms with Gasteiger partial charge in [-0.1, -0.05) is 13.0 Å². The molecule has 1 aliphatic heterocycles. The molecule has 1 amide bonds. The highest BCUT2D eigenvalue weighted by Gasteiger charge is 2.32. The highest BCUT2D eigenvalue weighted by molar-refractivity contribution is 5.93. The van der Waals surface area contributed by atoms with Crippen LogP contribution in [0, 0.1) is 0 Å². The molecule has 1 unspecified atom stereocenters. The van der Waals surface area contributed by atoms with E-state index in [0.29, 0.717) is 25.1 Å². The van der Waals surface area contributed by atoms with Gasteiger partial charge in [-0.05, 0) is 64.1 Å². The average molecular weight is 523 g/mol. The van der Waals surface area contributed by atoms with Gasteiger partial charge in [-0.3, -0.25) is 4.90 Å². The van der Waals surface area contributed by atoms with Gasteiger partial charge in [-0.25, -0.2) is 14.6 Å². The molecule has 1 saturated heterocycles. The molecule has 1 atom stereocenters. The molecule has 0 radical (unpaired) electrons. The van der Waals surface area contributed by atoms with Crippen molar-refractivity contribution in [3.63, 3.8) is 0 Å². The van der Waals surface area contributed by atoms with Gasteiger partial charge in [-0.2, -0.15) is 0 Å². The fraction of sp³-hybridized carbons (Fsp3) is 0.483. The number of amides is 1. The number of benzene rings is 1. The Kier molecular flexibility index (Phi) is 7.69. The molecule has 9 nitrogen and oxygen atoms in total. The standard InChI is InChI=1S/C29H38N4O5/c1-9-18-15-21(27(34)37-8)26(36-7)30-25(18)19-10-11-22-20(14-19)16-23(32(22)6)24-17-33(13-12-31(24)5)28(35)38-29(2,3)4/h10-11,14-16,24H,9,12-13,17H2,1-8H3. The van der Waals surface area contributed by atoms with E-state index in [1.54, 1.807) is 11.0 Å². The summed E-state index contributed by atoms with van der Waals surface area (Å²) in [6, 6.07) is 10.3. The molecule has 0 bridgehead atoms. The van der Waals surface area contributed by atoms with Crippen LogP contribution in [-0.2, 0) is 22.9 Å². The van der Waals surface area contributed by atoms with Crippen LogP contribution in [0.15, 0.2) is 30.3 Å². The van der Waals surface area contributed by atoms with Crippen molar-refractivity contribution in [1.82, 2.24) is 19.4 Å². The summed E-state index contributed by atoms with van der Waals surface area (Å²) in [5.41, 5.74) is 4.63. The number of carbonyl (C=O) groups excluding carboxylic acids is 2. The zero-order chi connectivity index (χ0) is 27.8. The largest absolute Gasteiger partial charge is 0.480 e. The number of pyridine rings is 1. The first-order valence-corrected chi connectivity index (χ1v) is 12.9. The van der Waals surface area contributed by atoms with Gasteiger partial charge in [-0.15, -0.1) is 0 Å². The summed E-state index contributed by atoms with van der Waals surface area (Å²) in [6.45, 7) is 9.63. The number of rotatable bonds is 5. The van der Waals surface area contributed by atoms with E-state index in [1.165, 1.54) is 14.2 Å². The second-order valence-corrected chi connectivity index (χ2v) is 10.7. The molecule has 0 saturated carbocycles. The van der Waals surface area contributed by atoms with Crippen molar-refractivity contribution in [2.45, 2.75) is 45.8 Å². The number of methoxy groups -OCH3 is 2. The number of carbonyl (C=O) groups is 2. The van der Waals surface area contributed by atoms with Crippen molar-refractivity contribution >= 4 is 23.0 Å². The Morgan fingerprint density at radius 1 is 1.08 bits per heavy atom. The normalized spacial score (nSPS) is 16.5. The monoisotopic (exact) mass is 522 g/mol. The van der Waals surface area contributed by atoms with Crippen LogP contribution in [0.4, 0.5) is 4.79 Å². The molecule has 1 aliphatic rings. The molecule has 0 spiro atoms. The maximum Gasteiger partial charge on any atom is 0.410 e. The lowest BCUT2D eigenvalue weighted by molar-refractivity contribution is 0.00675. The zero-order valence-electron chi connectivity index (χ0n) is 23.6. The van der Waals surface area contributed by atoms with Gasteiger partial charge in [0.25, 0.3) is 0 Å². The number of nitrogens with zero attached hydrogens (tertiary/aromatic N) is 4. The van der Waals surface area contributed by atoms with Crippen LogP contribution >= 0.6 is 0 Å². The van der Waals surface area contributed by atoms with Crippen molar-refractivity contribution in [2.75, 3.05) is 40.9 Å². The third-order valence-electron chi connectivity index (χ3n) is 7.04. The summed E-state index contributed by atoms with van der Waals surface area (Å²) >= 11 is 0. The lowest BCUT2D eigenvalue weighted by Gasteiger charge is -2.40. The predicted octanol–water partition coefficient (Wildman–Crippen LogP) is 4.82. The van der Waals surface area contributed by atoms with E-state index in [0.717, 1.165) is 40.0 Å². The molecule has 3 heterocycles. The molecule has 0 aliphatic carbocycles. The third kappa shape index (κ3) is 5.34. The van der Waals surface area contributed by atoms with Crippen LogP contribution in [0.2, 0.25) is 0 Å². The van der Waals surface area contributed by atoms with E-state index in [-0.39, 0.29) is 18.0 Å². The van der Waals surface area contributed by atoms with Gasteiger partial charge in [0.1, 0.15) is 11.2 Å². The molecule has 4 rings (SSSR count). The van der Waals surface area contributed by atoms with Crippen LogP contribution in [-0.4, -0.2) is 77.9 Å². The molecule has 9 heteroatoms. The fourth-order valence-corrected chi connectivity index (χ4v) is 4.99. The van der Waals surface area contributed by atoms with Gasteiger partial charge in [0.05, 0.1) is 26.0 Å². The molecule has 2 aromatic heterocycles. The Labute approximate surface area is 224 Å². The smallest absolute Gasteiger partial charge is 0.410 e. The number of ether oxygens (including phenoxy) is 3. The first-order valence-electron chi connectivity index (χ1n) is 12.9. The van der Waals surface area contributed by atoms with E-state index in [4.69, 9.17) is 19.2 Å². The van der Waals surface area contributed by atoms with Crippen LogP contribution in [0.3, 0.4) is 0 Å². The Morgan fingerprint density at radius 3 is 2.45 bits per heavy atom. The predicted molar refractivity (Wildman–Crippen MR) is 147 cm³/mol. The van der Waals surface area contributed by atoms with Gasteiger partial charge >= 0.3 is 12.1 Å². The summed E-state index contributed by atoms with van der Waals surface area (Å²) in [6.07, 6.45) is 0.418. The van der Waals surface area contributed by atoms with Crippen LogP contribution < -0.4 is 4.74 Å². The van der Waals surface area contributed by atoms with Crippen LogP contribution in [0.5, 0.6) is 5.88 Å². The second-order valence-electron chi connectivity index (χ2n) is 10.7. The molecular weight excluding hydrogens is 484 g/mol. The van der Waals surface area contributed by atoms with E-state index < -0.39 is 11.6 Å². The first kappa shape index (κ1) is 27.4. The topological polar surface area (TPSA) is 86.1 Å². The first-order chi connectivity index (χ1) is 18.0. The Bertz CT molecular complexity index is 1360. The molecular formula is C29H38N4O5. The van der Waals surface area contributed by atoms with Crippen molar-refractivity contribution in [2.24, 2.45) is 7.05 Å². The van der Waals surface area contributed by atoms with Gasteiger partial charge in [0.2, 0.25) is 5.88 Å². The second kappa shape index (κ2) is 10.6. The number of esters is 1. The van der Waals surface area contributed by atoms with Gasteiger partial charge < -0.3 is 23.7 Å². The fourth-order valence-electron chi connectivity index (χ4n) is 4.99. The summed E-state index contributed by atoms with van der Waals surface area (Å²) in [5, 5.41) is 1.07. The van der Waals surface area contributed by atoms with Crippen molar-refractivity contribution in [1.29, 1.82) is 0 Å². The zero-order valence-corrected chi connectivity index (χ0v) is 23.6. The number of aryl methyl sites for hydroxylation is 2. The number of hydrogen-bond acceptors (Lipinski definition) is 7. The summed E-state index contributed by atoms with van der Waals surface area (Å²) in [5.74, 6) is -0.236. The molecule has 0 N–H and O–H groups in total. The van der Waals surface area contributed by atoms with Gasteiger partial charge in [0, 0.05) is 48.8 Å². The van der Waals surface area contributed by atoms with Crippen molar-refractivity contribution in [3.05, 3.63) is 47.2 Å². The lowest BCUT2D eigenvalue weighted by Crippen LogP contribution is -2.50. The molecule has 1 aromatic carbocycles. The average Bonchev–Trinajstić information content (AvgIpc) is 3.21. The van der Waals surface area contributed by atoms with Gasteiger partial charge in [0.15, 0.2) is 0 Å². The number of hydrogen-bond donors (Lipinski definition) is 0. The quantitative estimate of drug-likeness (QED) is 0.444. The number of likely N-dealkylation sites (N-methyl/N-ethyl adjacent to an activating group) is 1. The summed E-state index contributed by atoms with van der Waals surface area (Å²) in [7, 11) is 6.99. The number of piperazine rings is 1. The van der Waals surface area contributed by atoms with Crippen molar-refractivity contribution in [3.8, 4) is 17.1 Å². The number of fused-ring (bicyclic) bond motifs is 1. The minimum absolute atomic E-state index is 0.0286. The SMILES string of the molecule is CCc1cc(C(=O)OC)c(OC)nc1-c1ccc2c(c1)cc(C1CN(C(=O)OC(C)(C)C)CCN1C)n2C. The van der Waals surface area contributed by atoms with Crippen molar-refractivity contribution < 1.29 is 23.8 Å². The maximum absolute atomic E-state index is 12.8. The van der Waals surface area contributed by atoms with Crippen LogP contribution in [0.1, 0.15) is 55.4 Å². The Balaban J connectivity index is 1.71. The molecule has 1 fully saturated rings. The highest BCUT2D eigenvalue weighted by Crippen LogP contribution is 2.34. The number of aromatic nitrogens is 2. The lowest BCUT2D eigenvalue weighted by atomic mass is 10.0. The highest BCUT2D eigenvalue weighted by atomic mass is 16.6. The molecule has 204 valence electrons. The van der Waals surface area contributed by atoms with Crippen LogP contribution in [0.25, 0.3) is 22.2 Å². The maximum atomic E-state index is 12.8. The van der Waals surface area contributed by atoms with E-state index in [2.05, 4.69) is 41.8 Å². The minimum Gasteiger partial charge on any atom is -0.480 e. The van der Waals surface area contributed by atoms with E-state index in [9.17, 15) is 9.59 Å². The summed E-state index contributed by atoms with van der Waals surface area (Å²) < 4.78 is 18.2. The van der Waals surface area contributed by atoms with E-state index in [1.807, 2.05) is 33.8 Å².